The first-order chi connectivity index (χ1) is 8.31. The molecule has 108 valence electrons. The van der Waals surface area contributed by atoms with E-state index in [1.54, 1.807) is 13.8 Å². The Morgan fingerprint density at radius 2 is 1.50 bits per heavy atom. The smallest absolute Gasteiger partial charge is 0.0639 e. The van der Waals surface area contributed by atoms with E-state index in [1.165, 1.54) is 5.57 Å². The average Bonchev–Trinajstić information content (AvgIpc) is 2.13. The third-order valence-corrected chi connectivity index (χ3v) is 2.83. The fourth-order valence-corrected chi connectivity index (χ4v) is 2.16. The maximum absolute atomic E-state index is 9.46. The number of nitrogens with zero attached hydrogens (tertiary/aromatic N) is 1. The van der Waals surface area contributed by atoms with Crippen LogP contribution in [-0.2, 0) is 0 Å². The van der Waals surface area contributed by atoms with Gasteiger partial charge in [-0.1, -0.05) is 18.6 Å². The zero-order valence-corrected chi connectivity index (χ0v) is 12.7. The van der Waals surface area contributed by atoms with Crippen LogP contribution in [0.25, 0.3) is 0 Å². The molecule has 18 heavy (non-hydrogen) atoms. The topological polar surface area (TPSA) is 43.7 Å². The van der Waals surface area contributed by atoms with Crippen molar-refractivity contribution in [2.75, 3.05) is 19.6 Å². The molecule has 3 nitrogen and oxygen atoms in total. The van der Waals surface area contributed by atoms with E-state index >= 15 is 0 Å². The molecule has 0 saturated carbocycles. The van der Waals surface area contributed by atoms with Crippen molar-refractivity contribution in [1.29, 1.82) is 0 Å². The molecule has 0 aromatic heterocycles. The predicted octanol–water partition coefficient (Wildman–Crippen LogP) is 2.43. The number of aliphatic hydroxyl groups excluding tert-OH is 2. The fourth-order valence-electron chi connectivity index (χ4n) is 2.16. The van der Waals surface area contributed by atoms with Crippen molar-refractivity contribution in [3.63, 3.8) is 0 Å². The monoisotopic (exact) mass is 257 g/mol. The first kappa shape index (κ1) is 17.6. The lowest BCUT2D eigenvalue weighted by Crippen LogP contribution is -2.39. The summed E-state index contributed by atoms with van der Waals surface area (Å²) in [5, 5.41) is 18.9. The Labute approximate surface area is 113 Å². The van der Waals surface area contributed by atoms with Crippen molar-refractivity contribution < 1.29 is 10.2 Å². The molecule has 0 radical (unpaired) electrons. The second kappa shape index (κ2) is 9.54. The molecule has 0 aliphatic rings. The van der Waals surface area contributed by atoms with E-state index in [9.17, 15) is 10.2 Å². The Balaban J connectivity index is 4.08. The van der Waals surface area contributed by atoms with Crippen LogP contribution in [0.1, 0.15) is 47.5 Å². The maximum atomic E-state index is 9.46. The van der Waals surface area contributed by atoms with Crippen molar-refractivity contribution in [1.82, 2.24) is 4.90 Å². The molecule has 0 amide bonds. The van der Waals surface area contributed by atoms with Gasteiger partial charge in [-0.2, -0.15) is 0 Å². The number of allylic oxidation sites excluding steroid dienone is 2. The second-order valence-electron chi connectivity index (χ2n) is 5.88. The molecule has 0 heterocycles. The standard InChI is InChI=1S/C15H31NO2/c1-12(2)7-6-8-13(3)9-16(10-14(4)17)11-15(5)18/h7,13-15,17-18H,6,8-11H2,1-5H3/t13-,14-,15+/m0/s1. The predicted molar refractivity (Wildman–Crippen MR) is 77.6 cm³/mol. The van der Waals surface area contributed by atoms with Crippen LogP contribution in [-0.4, -0.2) is 47.0 Å². The molecular weight excluding hydrogens is 226 g/mol. The summed E-state index contributed by atoms with van der Waals surface area (Å²) in [6, 6.07) is 0. The van der Waals surface area contributed by atoms with Gasteiger partial charge < -0.3 is 10.2 Å². The molecule has 0 aliphatic heterocycles. The van der Waals surface area contributed by atoms with Gasteiger partial charge in [-0.3, -0.25) is 4.90 Å². The number of hydrogen-bond acceptors (Lipinski definition) is 3. The number of aliphatic hydroxyl groups is 2. The molecule has 0 saturated heterocycles. The average molecular weight is 257 g/mol. The van der Waals surface area contributed by atoms with Gasteiger partial charge in [-0.25, -0.2) is 0 Å². The van der Waals surface area contributed by atoms with Crippen molar-refractivity contribution in [2.24, 2.45) is 5.92 Å². The quantitative estimate of drug-likeness (QED) is 0.624. The third-order valence-electron chi connectivity index (χ3n) is 2.83. The van der Waals surface area contributed by atoms with E-state index in [2.05, 4.69) is 31.7 Å². The Kier molecular flexibility index (Phi) is 9.34. The van der Waals surface area contributed by atoms with Gasteiger partial charge in [0, 0.05) is 19.6 Å². The Morgan fingerprint density at radius 3 is 1.89 bits per heavy atom. The third kappa shape index (κ3) is 10.8. The van der Waals surface area contributed by atoms with Gasteiger partial charge in [0.25, 0.3) is 0 Å². The molecule has 0 fully saturated rings. The minimum Gasteiger partial charge on any atom is -0.392 e. The van der Waals surface area contributed by atoms with Gasteiger partial charge in [0.05, 0.1) is 12.2 Å². The minimum absolute atomic E-state index is 0.339. The molecule has 3 heteroatoms. The maximum Gasteiger partial charge on any atom is 0.0639 e. The lowest BCUT2D eigenvalue weighted by Gasteiger charge is -2.27. The lowest BCUT2D eigenvalue weighted by atomic mass is 10.0. The van der Waals surface area contributed by atoms with Crippen LogP contribution in [0.5, 0.6) is 0 Å². The van der Waals surface area contributed by atoms with E-state index in [-0.39, 0.29) is 12.2 Å². The summed E-state index contributed by atoms with van der Waals surface area (Å²) in [5.41, 5.74) is 1.37. The fraction of sp³-hybridized carbons (Fsp3) is 0.867. The van der Waals surface area contributed by atoms with Crippen LogP contribution in [0.2, 0.25) is 0 Å². The van der Waals surface area contributed by atoms with Gasteiger partial charge in [-0.15, -0.1) is 0 Å². The van der Waals surface area contributed by atoms with Crippen molar-refractivity contribution in [2.45, 2.75) is 59.7 Å². The van der Waals surface area contributed by atoms with Crippen LogP contribution >= 0.6 is 0 Å². The lowest BCUT2D eigenvalue weighted by molar-refractivity contribution is 0.0747. The van der Waals surface area contributed by atoms with Gasteiger partial charge in [0.15, 0.2) is 0 Å². The van der Waals surface area contributed by atoms with Crippen LogP contribution in [0, 0.1) is 5.92 Å². The SMILES string of the molecule is CC(C)=CCC[C@H](C)CN(C[C@H](C)O)C[C@@H](C)O. The minimum atomic E-state index is -0.339. The molecular formula is C15H31NO2. The number of hydrogen-bond donors (Lipinski definition) is 2. The van der Waals surface area contributed by atoms with Crippen molar-refractivity contribution in [3.8, 4) is 0 Å². The summed E-state index contributed by atoms with van der Waals surface area (Å²) in [7, 11) is 0. The summed E-state index contributed by atoms with van der Waals surface area (Å²) < 4.78 is 0. The summed E-state index contributed by atoms with van der Waals surface area (Å²) in [6.45, 7) is 12.3. The first-order valence-electron chi connectivity index (χ1n) is 7.03. The molecule has 0 rings (SSSR count). The Hall–Kier alpha value is -0.380. The van der Waals surface area contributed by atoms with Gasteiger partial charge in [0.1, 0.15) is 0 Å². The zero-order chi connectivity index (χ0) is 14.1. The Morgan fingerprint density at radius 1 is 1.00 bits per heavy atom. The van der Waals surface area contributed by atoms with E-state index in [1.807, 2.05) is 0 Å². The highest BCUT2D eigenvalue weighted by molar-refractivity contribution is 4.92. The highest BCUT2D eigenvalue weighted by atomic mass is 16.3. The molecule has 3 atom stereocenters. The van der Waals surface area contributed by atoms with Crippen LogP contribution in [0.3, 0.4) is 0 Å². The van der Waals surface area contributed by atoms with Crippen LogP contribution in [0.4, 0.5) is 0 Å². The Bertz CT molecular complexity index is 223. The largest absolute Gasteiger partial charge is 0.392 e. The summed E-state index contributed by atoms with van der Waals surface area (Å²) in [4.78, 5) is 2.16. The van der Waals surface area contributed by atoms with E-state index < -0.39 is 0 Å². The van der Waals surface area contributed by atoms with E-state index in [0.29, 0.717) is 19.0 Å². The second-order valence-corrected chi connectivity index (χ2v) is 5.88. The molecule has 0 spiro atoms. The number of rotatable bonds is 9. The zero-order valence-electron chi connectivity index (χ0n) is 12.7. The van der Waals surface area contributed by atoms with Crippen molar-refractivity contribution >= 4 is 0 Å². The molecule has 0 aromatic rings. The highest BCUT2D eigenvalue weighted by Gasteiger charge is 2.14. The highest BCUT2D eigenvalue weighted by Crippen LogP contribution is 2.10. The van der Waals surface area contributed by atoms with E-state index in [0.717, 1.165) is 19.4 Å². The summed E-state index contributed by atoms with van der Waals surface area (Å²) in [5.74, 6) is 0.582. The van der Waals surface area contributed by atoms with Crippen molar-refractivity contribution in [3.05, 3.63) is 11.6 Å². The van der Waals surface area contributed by atoms with Gasteiger partial charge >= 0.3 is 0 Å². The normalized spacial score (nSPS) is 16.4. The molecule has 0 unspecified atom stereocenters. The summed E-state index contributed by atoms with van der Waals surface area (Å²) in [6.07, 6.45) is 3.86. The molecule has 0 bridgehead atoms. The molecule has 2 N–H and O–H groups in total. The molecule has 0 aromatic carbocycles. The van der Waals surface area contributed by atoms with Gasteiger partial charge in [-0.05, 0) is 46.5 Å². The first-order valence-corrected chi connectivity index (χ1v) is 7.03. The van der Waals surface area contributed by atoms with E-state index in [4.69, 9.17) is 0 Å². The van der Waals surface area contributed by atoms with Crippen LogP contribution in [0.15, 0.2) is 11.6 Å². The van der Waals surface area contributed by atoms with Gasteiger partial charge in [0.2, 0.25) is 0 Å². The summed E-state index contributed by atoms with van der Waals surface area (Å²) >= 11 is 0. The molecule has 0 aliphatic carbocycles. The van der Waals surface area contributed by atoms with Crippen LogP contribution < -0.4 is 0 Å².